The summed E-state index contributed by atoms with van der Waals surface area (Å²) >= 11 is 0. The van der Waals surface area contributed by atoms with Gasteiger partial charge < -0.3 is 11.1 Å². The maximum Gasteiger partial charge on any atom is 0.290 e. The molecule has 0 spiro atoms. The lowest BCUT2D eigenvalue weighted by Crippen LogP contribution is -2.19. The second-order valence-electron chi connectivity index (χ2n) is 4.88. The molecule has 3 heterocycles. The van der Waals surface area contributed by atoms with Gasteiger partial charge in [0.05, 0.1) is 17.1 Å². The van der Waals surface area contributed by atoms with Crippen molar-refractivity contribution in [3.63, 3.8) is 0 Å². The number of nitrogens with two attached hydrogens (primary N) is 1. The van der Waals surface area contributed by atoms with Gasteiger partial charge in [-0.05, 0) is 25.5 Å². The topological polar surface area (TPSA) is 102 Å². The molecule has 100 valence electrons. The summed E-state index contributed by atoms with van der Waals surface area (Å²) in [6.07, 6.45) is 0.939. The molecule has 0 radical (unpaired) electrons. The van der Waals surface area contributed by atoms with Crippen LogP contribution in [0.15, 0.2) is 11.4 Å². The first-order valence-corrected chi connectivity index (χ1v) is 6.22. The Kier molecular flexibility index (Phi) is 2.63. The lowest BCUT2D eigenvalue weighted by Gasteiger charge is -2.09. The van der Waals surface area contributed by atoms with E-state index in [1.54, 1.807) is 4.68 Å². The molecule has 1 unspecified atom stereocenters. The minimum atomic E-state index is -0.267. The molecular formula is C12H16N6O. The lowest BCUT2D eigenvalue weighted by atomic mass is 10.1. The number of aromatic amines is 1. The first kappa shape index (κ1) is 11.9. The monoisotopic (exact) mass is 260 g/mol. The van der Waals surface area contributed by atoms with Gasteiger partial charge in [-0.15, -0.1) is 0 Å². The van der Waals surface area contributed by atoms with Crippen molar-refractivity contribution in [2.24, 2.45) is 0 Å². The molecule has 1 atom stereocenters. The second kappa shape index (κ2) is 4.20. The van der Waals surface area contributed by atoms with E-state index in [1.165, 1.54) is 0 Å². The SMILES string of the molecule is C=C(C)c1nn(C2CCNC2)c2c(=O)[nH]nc(N)c12. The highest BCUT2D eigenvalue weighted by atomic mass is 16.1. The smallest absolute Gasteiger partial charge is 0.290 e. The highest BCUT2D eigenvalue weighted by Crippen LogP contribution is 2.28. The van der Waals surface area contributed by atoms with Gasteiger partial charge in [0.25, 0.3) is 5.56 Å². The van der Waals surface area contributed by atoms with E-state index in [0.29, 0.717) is 16.6 Å². The van der Waals surface area contributed by atoms with E-state index >= 15 is 0 Å². The molecule has 1 aliphatic rings. The zero-order valence-electron chi connectivity index (χ0n) is 10.7. The van der Waals surface area contributed by atoms with Gasteiger partial charge in [-0.1, -0.05) is 6.58 Å². The fourth-order valence-corrected chi connectivity index (χ4v) is 2.53. The zero-order valence-corrected chi connectivity index (χ0v) is 10.7. The van der Waals surface area contributed by atoms with Gasteiger partial charge in [0.2, 0.25) is 0 Å². The third-order valence-corrected chi connectivity index (χ3v) is 3.44. The van der Waals surface area contributed by atoms with Gasteiger partial charge >= 0.3 is 0 Å². The minimum absolute atomic E-state index is 0.165. The quantitative estimate of drug-likeness (QED) is 0.719. The van der Waals surface area contributed by atoms with Crippen molar-refractivity contribution in [2.75, 3.05) is 18.8 Å². The minimum Gasteiger partial charge on any atom is -0.382 e. The second-order valence-corrected chi connectivity index (χ2v) is 4.88. The Morgan fingerprint density at radius 3 is 3.00 bits per heavy atom. The van der Waals surface area contributed by atoms with E-state index in [9.17, 15) is 4.79 Å². The summed E-state index contributed by atoms with van der Waals surface area (Å²) in [6.45, 7) is 7.47. The zero-order chi connectivity index (χ0) is 13.6. The van der Waals surface area contributed by atoms with E-state index in [1.807, 2.05) is 6.92 Å². The van der Waals surface area contributed by atoms with Crippen LogP contribution in [0, 0.1) is 0 Å². The van der Waals surface area contributed by atoms with Crippen LogP contribution in [-0.4, -0.2) is 33.1 Å². The van der Waals surface area contributed by atoms with Crippen molar-refractivity contribution in [1.82, 2.24) is 25.3 Å². The van der Waals surface area contributed by atoms with Gasteiger partial charge in [0.15, 0.2) is 5.82 Å². The number of nitrogens with zero attached hydrogens (tertiary/aromatic N) is 3. The van der Waals surface area contributed by atoms with Crippen molar-refractivity contribution in [1.29, 1.82) is 0 Å². The van der Waals surface area contributed by atoms with Crippen molar-refractivity contribution >= 4 is 22.3 Å². The van der Waals surface area contributed by atoms with Crippen molar-refractivity contribution in [2.45, 2.75) is 19.4 Å². The van der Waals surface area contributed by atoms with Crippen LogP contribution >= 0.6 is 0 Å². The third-order valence-electron chi connectivity index (χ3n) is 3.44. The number of aromatic nitrogens is 4. The maximum absolute atomic E-state index is 12.1. The number of fused-ring (bicyclic) bond motifs is 1. The van der Waals surface area contributed by atoms with Crippen LogP contribution in [0.2, 0.25) is 0 Å². The average Bonchev–Trinajstić information content (AvgIpc) is 2.99. The molecule has 1 saturated heterocycles. The van der Waals surface area contributed by atoms with E-state index in [2.05, 4.69) is 27.2 Å². The van der Waals surface area contributed by atoms with Crippen molar-refractivity contribution in [3.05, 3.63) is 22.6 Å². The Balaban J connectivity index is 2.36. The molecule has 0 amide bonds. The van der Waals surface area contributed by atoms with Crippen LogP contribution in [-0.2, 0) is 0 Å². The molecule has 0 bridgehead atoms. The molecule has 1 fully saturated rings. The molecule has 0 saturated carbocycles. The molecule has 1 aliphatic heterocycles. The molecule has 19 heavy (non-hydrogen) atoms. The summed E-state index contributed by atoms with van der Waals surface area (Å²) in [7, 11) is 0. The number of H-pyrrole nitrogens is 1. The third kappa shape index (κ3) is 1.74. The van der Waals surface area contributed by atoms with E-state index in [-0.39, 0.29) is 17.4 Å². The predicted molar refractivity (Wildman–Crippen MR) is 73.8 cm³/mol. The number of anilines is 1. The van der Waals surface area contributed by atoms with Gasteiger partial charge in [-0.3, -0.25) is 9.48 Å². The van der Waals surface area contributed by atoms with Gasteiger partial charge in [0.1, 0.15) is 5.52 Å². The summed E-state index contributed by atoms with van der Waals surface area (Å²) in [6, 6.07) is 0.165. The predicted octanol–water partition coefficient (Wildman–Crippen LogP) is 0.269. The van der Waals surface area contributed by atoms with E-state index < -0.39 is 0 Å². The van der Waals surface area contributed by atoms with Crippen LogP contribution in [0.25, 0.3) is 16.5 Å². The number of hydrogen-bond acceptors (Lipinski definition) is 5. The maximum atomic E-state index is 12.1. The number of nitrogen functional groups attached to an aromatic ring is 1. The Morgan fingerprint density at radius 1 is 1.58 bits per heavy atom. The van der Waals surface area contributed by atoms with Gasteiger partial charge in [0, 0.05) is 6.54 Å². The van der Waals surface area contributed by atoms with Crippen LogP contribution in [0.1, 0.15) is 25.1 Å². The summed E-state index contributed by atoms with van der Waals surface area (Å²) in [5.74, 6) is 0.282. The first-order chi connectivity index (χ1) is 9.09. The molecule has 2 aromatic heterocycles. The van der Waals surface area contributed by atoms with Crippen molar-refractivity contribution in [3.8, 4) is 0 Å². The number of rotatable bonds is 2. The van der Waals surface area contributed by atoms with Crippen molar-refractivity contribution < 1.29 is 0 Å². The summed E-state index contributed by atoms with van der Waals surface area (Å²) in [5.41, 5.74) is 7.53. The first-order valence-electron chi connectivity index (χ1n) is 6.22. The molecule has 2 aromatic rings. The number of allylic oxidation sites excluding steroid dienone is 1. The van der Waals surface area contributed by atoms with Gasteiger partial charge in [-0.25, -0.2) is 5.10 Å². The Bertz CT molecular complexity index is 707. The standard InChI is InChI=1S/C12H16N6O/c1-6(2)9-8-10(12(19)16-15-11(8)13)18(17-9)7-3-4-14-5-7/h7,14H,1,3-5H2,2H3,(H2,13,15)(H,16,19). The molecule has 4 N–H and O–H groups in total. The largest absolute Gasteiger partial charge is 0.382 e. The Labute approximate surface area is 109 Å². The Hall–Kier alpha value is -2.15. The molecular weight excluding hydrogens is 244 g/mol. The Morgan fingerprint density at radius 2 is 2.37 bits per heavy atom. The molecule has 0 aliphatic carbocycles. The highest BCUT2D eigenvalue weighted by molar-refractivity contribution is 5.96. The number of hydrogen-bond donors (Lipinski definition) is 3. The average molecular weight is 260 g/mol. The van der Waals surface area contributed by atoms with Gasteiger partial charge in [-0.2, -0.15) is 10.2 Å². The highest BCUT2D eigenvalue weighted by Gasteiger charge is 2.24. The lowest BCUT2D eigenvalue weighted by molar-refractivity contribution is 0.504. The normalized spacial score (nSPS) is 19.1. The molecule has 7 nitrogen and oxygen atoms in total. The van der Waals surface area contributed by atoms with E-state index in [4.69, 9.17) is 5.73 Å². The molecule has 7 heteroatoms. The van der Waals surface area contributed by atoms with Crippen LogP contribution in [0.5, 0.6) is 0 Å². The van der Waals surface area contributed by atoms with Crippen LogP contribution < -0.4 is 16.6 Å². The van der Waals surface area contributed by atoms with Crippen LogP contribution in [0.4, 0.5) is 5.82 Å². The van der Waals surface area contributed by atoms with Crippen LogP contribution in [0.3, 0.4) is 0 Å². The van der Waals surface area contributed by atoms with E-state index in [0.717, 1.165) is 25.1 Å². The fourth-order valence-electron chi connectivity index (χ4n) is 2.53. The molecule has 3 rings (SSSR count). The molecule has 0 aromatic carbocycles. The summed E-state index contributed by atoms with van der Waals surface area (Å²) in [4.78, 5) is 12.1. The number of nitrogens with one attached hydrogen (secondary N) is 2. The summed E-state index contributed by atoms with van der Waals surface area (Å²) < 4.78 is 1.76. The fraction of sp³-hybridized carbons (Fsp3) is 0.417. The summed E-state index contributed by atoms with van der Waals surface area (Å²) in [5, 5.41) is 14.6.